The topological polar surface area (TPSA) is 187 Å². The third-order valence-corrected chi connectivity index (χ3v) is 4.58. The molecule has 27 heavy (non-hydrogen) atoms. The van der Waals surface area contributed by atoms with Crippen molar-refractivity contribution in [2.75, 3.05) is 20.3 Å². The van der Waals surface area contributed by atoms with Gasteiger partial charge in [-0.2, -0.15) is 0 Å². The van der Waals surface area contributed by atoms with Gasteiger partial charge in [0.05, 0.1) is 13.2 Å². The first kappa shape index (κ1) is 22.4. The molecular formula is C15H27NO11. The van der Waals surface area contributed by atoms with Crippen molar-refractivity contribution in [2.24, 2.45) is 0 Å². The van der Waals surface area contributed by atoms with Crippen molar-refractivity contribution in [3.63, 3.8) is 0 Å². The number of carbonyl (C=O) groups is 1. The number of carbonyl (C=O) groups excluding carboxylic acids is 1. The van der Waals surface area contributed by atoms with E-state index in [1.807, 2.05) is 0 Å². The van der Waals surface area contributed by atoms with Crippen LogP contribution in [-0.2, 0) is 23.7 Å². The minimum Gasteiger partial charge on any atom is -0.394 e. The van der Waals surface area contributed by atoms with Crippen molar-refractivity contribution < 1.29 is 54.4 Å². The lowest BCUT2D eigenvalue weighted by atomic mass is 9.96. The molecule has 0 aliphatic carbocycles. The van der Waals surface area contributed by atoms with E-state index in [-0.39, 0.29) is 6.61 Å². The predicted molar refractivity (Wildman–Crippen MR) is 85.0 cm³/mol. The molecule has 2 aliphatic heterocycles. The molecule has 2 heterocycles. The first-order chi connectivity index (χ1) is 12.7. The van der Waals surface area contributed by atoms with Crippen molar-refractivity contribution >= 4 is 5.91 Å². The SMILES string of the molecule is CO[C@H]1O[C@@H](CO[C@@H]2O[C@H](CO)[C@H](O)[C@@H](O)[C@@H]2NC(C)=O)[C@H](O)[C@@H](O)[C@@H]1O. The largest absolute Gasteiger partial charge is 0.394 e. The fraction of sp³-hybridized carbons (Fsp3) is 0.933. The molecule has 0 aromatic rings. The van der Waals surface area contributed by atoms with Gasteiger partial charge in [-0.25, -0.2) is 0 Å². The summed E-state index contributed by atoms with van der Waals surface area (Å²) in [5, 5.41) is 61.5. The monoisotopic (exact) mass is 397 g/mol. The molecule has 12 heteroatoms. The molecule has 158 valence electrons. The number of nitrogens with one attached hydrogen (secondary N) is 1. The second-order valence-electron chi connectivity index (χ2n) is 6.52. The summed E-state index contributed by atoms with van der Waals surface area (Å²) >= 11 is 0. The van der Waals surface area contributed by atoms with E-state index >= 15 is 0 Å². The van der Waals surface area contributed by atoms with Gasteiger partial charge in [-0.3, -0.25) is 4.79 Å². The van der Waals surface area contributed by atoms with E-state index in [1.54, 1.807) is 0 Å². The van der Waals surface area contributed by atoms with E-state index in [9.17, 15) is 35.4 Å². The van der Waals surface area contributed by atoms with E-state index in [0.717, 1.165) is 0 Å². The summed E-state index contributed by atoms with van der Waals surface area (Å²) in [6.07, 6.45) is -12.2. The van der Waals surface area contributed by atoms with Gasteiger partial charge in [0.1, 0.15) is 48.8 Å². The maximum Gasteiger partial charge on any atom is 0.217 e. The van der Waals surface area contributed by atoms with Crippen molar-refractivity contribution in [2.45, 2.75) is 68.3 Å². The van der Waals surface area contributed by atoms with Crippen LogP contribution in [0.25, 0.3) is 0 Å². The van der Waals surface area contributed by atoms with Crippen LogP contribution in [0.2, 0.25) is 0 Å². The lowest BCUT2D eigenvalue weighted by Gasteiger charge is -2.44. The average Bonchev–Trinajstić information content (AvgIpc) is 2.64. The highest BCUT2D eigenvalue weighted by Crippen LogP contribution is 2.25. The summed E-state index contributed by atoms with van der Waals surface area (Å²) in [5.74, 6) is -0.516. The summed E-state index contributed by atoms with van der Waals surface area (Å²) in [6.45, 7) is 0.222. The second kappa shape index (κ2) is 9.52. The standard InChI is InChI=1S/C15H27NO11/c1-5(18)16-8-11(21)9(19)6(3-17)26-14(8)25-4-7-10(20)12(22)13(23)15(24-2)27-7/h6-15,17,19-23H,3-4H2,1-2H3,(H,16,18)/t6-,7+,8+,9+,10+,11+,12-,13+,14-,15+/m1/s1. The molecule has 2 aliphatic rings. The van der Waals surface area contributed by atoms with Crippen LogP contribution in [0.4, 0.5) is 0 Å². The Balaban J connectivity index is 2.07. The van der Waals surface area contributed by atoms with E-state index in [2.05, 4.69) is 5.32 Å². The highest BCUT2D eigenvalue weighted by molar-refractivity contribution is 5.73. The maximum absolute atomic E-state index is 11.4. The highest BCUT2D eigenvalue weighted by Gasteiger charge is 2.47. The zero-order valence-electron chi connectivity index (χ0n) is 14.9. The lowest BCUT2D eigenvalue weighted by molar-refractivity contribution is -0.316. The van der Waals surface area contributed by atoms with Crippen LogP contribution in [0, 0.1) is 0 Å². The van der Waals surface area contributed by atoms with E-state index in [0.29, 0.717) is 0 Å². The molecule has 0 bridgehead atoms. The van der Waals surface area contributed by atoms with Gasteiger partial charge in [0.2, 0.25) is 5.91 Å². The smallest absolute Gasteiger partial charge is 0.217 e. The molecule has 0 aromatic carbocycles. The van der Waals surface area contributed by atoms with Gasteiger partial charge in [0.15, 0.2) is 12.6 Å². The number of methoxy groups -OCH3 is 1. The normalized spacial score (nSPS) is 45.5. The fourth-order valence-corrected chi connectivity index (χ4v) is 3.05. The number of ether oxygens (including phenoxy) is 4. The van der Waals surface area contributed by atoms with Gasteiger partial charge in [0.25, 0.3) is 0 Å². The minimum absolute atomic E-state index is 0.369. The molecule has 0 radical (unpaired) electrons. The number of hydrogen-bond donors (Lipinski definition) is 7. The molecule has 0 saturated carbocycles. The van der Waals surface area contributed by atoms with Crippen molar-refractivity contribution in [1.82, 2.24) is 5.32 Å². The zero-order chi connectivity index (χ0) is 20.3. The Morgan fingerprint density at radius 3 is 2.07 bits per heavy atom. The van der Waals surface area contributed by atoms with Crippen molar-refractivity contribution in [1.29, 1.82) is 0 Å². The molecule has 7 N–H and O–H groups in total. The lowest BCUT2D eigenvalue weighted by Crippen LogP contribution is -2.65. The number of hydrogen-bond acceptors (Lipinski definition) is 11. The Labute approximate surface area is 155 Å². The maximum atomic E-state index is 11.4. The average molecular weight is 397 g/mol. The van der Waals surface area contributed by atoms with E-state index in [4.69, 9.17) is 18.9 Å². The Morgan fingerprint density at radius 1 is 0.926 bits per heavy atom. The van der Waals surface area contributed by atoms with Gasteiger partial charge in [-0.15, -0.1) is 0 Å². The van der Waals surface area contributed by atoms with Gasteiger partial charge in [-0.05, 0) is 0 Å². The molecule has 12 nitrogen and oxygen atoms in total. The summed E-state index contributed by atoms with van der Waals surface area (Å²) < 4.78 is 21.1. The Hall–Kier alpha value is -0.930. The van der Waals surface area contributed by atoms with Crippen LogP contribution in [0.15, 0.2) is 0 Å². The summed E-state index contributed by atoms with van der Waals surface area (Å²) in [5.41, 5.74) is 0. The van der Waals surface area contributed by atoms with Crippen LogP contribution >= 0.6 is 0 Å². The predicted octanol–water partition coefficient (Wildman–Crippen LogP) is -4.60. The van der Waals surface area contributed by atoms with Crippen molar-refractivity contribution in [3.05, 3.63) is 0 Å². The zero-order valence-corrected chi connectivity index (χ0v) is 14.9. The van der Waals surface area contributed by atoms with Crippen LogP contribution < -0.4 is 5.32 Å². The van der Waals surface area contributed by atoms with Gasteiger partial charge in [-0.1, -0.05) is 0 Å². The third kappa shape index (κ3) is 4.92. The molecule has 10 atom stereocenters. The molecule has 2 saturated heterocycles. The minimum atomic E-state index is -1.55. The van der Waals surface area contributed by atoms with Crippen LogP contribution in [-0.4, -0.2) is 118 Å². The Bertz CT molecular complexity index is 492. The van der Waals surface area contributed by atoms with Gasteiger partial charge >= 0.3 is 0 Å². The fourth-order valence-electron chi connectivity index (χ4n) is 3.05. The summed E-state index contributed by atoms with van der Waals surface area (Å²) in [4.78, 5) is 11.4. The molecule has 1 amide bonds. The van der Waals surface area contributed by atoms with Crippen molar-refractivity contribution in [3.8, 4) is 0 Å². The summed E-state index contributed by atoms with van der Waals surface area (Å²) in [6, 6.07) is -1.16. The number of rotatable bonds is 6. The van der Waals surface area contributed by atoms with Crippen LogP contribution in [0.1, 0.15) is 6.92 Å². The first-order valence-corrected chi connectivity index (χ1v) is 8.44. The van der Waals surface area contributed by atoms with Gasteiger partial charge < -0.3 is 54.9 Å². The number of aliphatic hydroxyl groups excluding tert-OH is 6. The van der Waals surface area contributed by atoms with Crippen LogP contribution in [0.3, 0.4) is 0 Å². The van der Waals surface area contributed by atoms with Gasteiger partial charge in [0, 0.05) is 14.0 Å². The number of aliphatic hydroxyl groups is 6. The molecule has 0 unspecified atom stereocenters. The quantitative estimate of drug-likeness (QED) is 0.228. The molecular weight excluding hydrogens is 370 g/mol. The Kier molecular flexibility index (Phi) is 7.88. The second-order valence-corrected chi connectivity index (χ2v) is 6.52. The Morgan fingerprint density at radius 2 is 1.52 bits per heavy atom. The summed E-state index contributed by atoms with van der Waals surface area (Å²) in [7, 11) is 1.25. The molecule has 2 rings (SSSR count). The molecule has 0 spiro atoms. The first-order valence-electron chi connectivity index (χ1n) is 8.44. The molecule has 0 aromatic heterocycles. The van der Waals surface area contributed by atoms with E-state index in [1.165, 1.54) is 14.0 Å². The van der Waals surface area contributed by atoms with E-state index < -0.39 is 73.9 Å². The highest BCUT2D eigenvalue weighted by atomic mass is 16.7. The van der Waals surface area contributed by atoms with Crippen LogP contribution in [0.5, 0.6) is 0 Å². The molecule has 2 fully saturated rings. The number of amides is 1. The third-order valence-electron chi connectivity index (χ3n) is 4.58.